The average molecular weight is 440 g/mol. The molecular formula is C20H22F2N2O5S. The predicted octanol–water partition coefficient (Wildman–Crippen LogP) is 3.34. The summed E-state index contributed by atoms with van der Waals surface area (Å²) >= 11 is 0. The SMILES string of the molecule is CC1CN(S(=O)(=O)c2ccc(C(=O)Nc3ccccc3OC(F)F)cc2)CC(C)O1. The molecule has 1 fully saturated rings. The maximum atomic E-state index is 12.9. The predicted molar refractivity (Wildman–Crippen MR) is 106 cm³/mol. The number of anilines is 1. The second kappa shape index (κ2) is 9.07. The van der Waals surface area contributed by atoms with Gasteiger partial charge in [-0.1, -0.05) is 12.1 Å². The van der Waals surface area contributed by atoms with Crippen molar-refractivity contribution in [2.24, 2.45) is 0 Å². The summed E-state index contributed by atoms with van der Waals surface area (Å²) in [6.07, 6.45) is -0.437. The van der Waals surface area contributed by atoms with Gasteiger partial charge in [-0.3, -0.25) is 4.79 Å². The molecule has 2 aromatic rings. The van der Waals surface area contributed by atoms with Gasteiger partial charge in [0, 0.05) is 18.7 Å². The van der Waals surface area contributed by atoms with Crippen LogP contribution in [0.5, 0.6) is 5.75 Å². The van der Waals surface area contributed by atoms with Crippen LogP contribution in [0.25, 0.3) is 0 Å². The van der Waals surface area contributed by atoms with E-state index >= 15 is 0 Å². The molecule has 10 heteroatoms. The number of ether oxygens (including phenoxy) is 2. The second-order valence-corrected chi connectivity index (χ2v) is 8.87. The number of hydrogen-bond acceptors (Lipinski definition) is 5. The number of carbonyl (C=O) groups is 1. The number of benzene rings is 2. The van der Waals surface area contributed by atoms with Crippen LogP contribution in [0.4, 0.5) is 14.5 Å². The van der Waals surface area contributed by atoms with Gasteiger partial charge >= 0.3 is 6.61 Å². The number of amides is 1. The number of para-hydroxylation sites is 2. The Morgan fingerprint density at radius 1 is 1.10 bits per heavy atom. The number of nitrogens with zero attached hydrogens (tertiary/aromatic N) is 1. The Balaban J connectivity index is 1.75. The topological polar surface area (TPSA) is 84.9 Å². The van der Waals surface area contributed by atoms with E-state index in [1.807, 2.05) is 0 Å². The third-order valence-electron chi connectivity index (χ3n) is 4.49. The molecule has 7 nitrogen and oxygen atoms in total. The van der Waals surface area contributed by atoms with Crippen LogP contribution >= 0.6 is 0 Å². The van der Waals surface area contributed by atoms with Crippen LogP contribution in [0, 0.1) is 0 Å². The smallest absolute Gasteiger partial charge is 0.387 e. The van der Waals surface area contributed by atoms with Gasteiger partial charge in [0.05, 0.1) is 22.8 Å². The van der Waals surface area contributed by atoms with E-state index in [2.05, 4.69) is 10.1 Å². The van der Waals surface area contributed by atoms with Gasteiger partial charge in [-0.25, -0.2) is 8.42 Å². The van der Waals surface area contributed by atoms with E-state index in [9.17, 15) is 22.0 Å². The molecule has 0 aromatic heterocycles. The van der Waals surface area contributed by atoms with Gasteiger partial charge in [-0.15, -0.1) is 0 Å². The van der Waals surface area contributed by atoms with Crippen molar-refractivity contribution in [1.82, 2.24) is 4.31 Å². The monoisotopic (exact) mass is 440 g/mol. The van der Waals surface area contributed by atoms with Crippen molar-refractivity contribution in [2.45, 2.75) is 37.6 Å². The van der Waals surface area contributed by atoms with E-state index in [-0.39, 0.29) is 47.2 Å². The van der Waals surface area contributed by atoms with Crippen LogP contribution in [0.15, 0.2) is 53.4 Å². The lowest BCUT2D eigenvalue weighted by Gasteiger charge is -2.34. The van der Waals surface area contributed by atoms with Crippen LogP contribution < -0.4 is 10.1 Å². The summed E-state index contributed by atoms with van der Waals surface area (Å²) in [5.41, 5.74) is 0.250. The van der Waals surface area contributed by atoms with Crippen molar-refractivity contribution >= 4 is 21.6 Å². The van der Waals surface area contributed by atoms with Gasteiger partial charge in [0.2, 0.25) is 10.0 Å². The molecule has 0 saturated carbocycles. The fraction of sp³-hybridized carbons (Fsp3) is 0.350. The number of alkyl halides is 2. The molecule has 2 unspecified atom stereocenters. The minimum absolute atomic E-state index is 0.0572. The summed E-state index contributed by atoms with van der Waals surface area (Å²) in [6, 6.07) is 11.2. The van der Waals surface area contributed by atoms with E-state index in [1.165, 1.54) is 46.8 Å². The van der Waals surface area contributed by atoms with Crippen molar-refractivity contribution in [3.63, 3.8) is 0 Å². The Hall–Kier alpha value is -2.56. The molecule has 1 saturated heterocycles. The van der Waals surface area contributed by atoms with E-state index in [4.69, 9.17) is 4.74 Å². The van der Waals surface area contributed by atoms with Crippen LogP contribution in [-0.2, 0) is 14.8 Å². The Morgan fingerprint density at radius 3 is 2.30 bits per heavy atom. The standard InChI is InChI=1S/C20H22F2N2O5S/c1-13-11-24(12-14(2)28-13)30(26,27)16-9-7-15(8-10-16)19(25)23-17-5-3-4-6-18(17)29-20(21)22/h3-10,13-14,20H,11-12H2,1-2H3,(H,23,25). The fourth-order valence-electron chi connectivity index (χ4n) is 3.22. The Morgan fingerprint density at radius 2 is 1.70 bits per heavy atom. The maximum absolute atomic E-state index is 12.9. The first-order valence-electron chi connectivity index (χ1n) is 9.27. The third kappa shape index (κ3) is 5.13. The zero-order valence-electron chi connectivity index (χ0n) is 16.4. The first-order chi connectivity index (χ1) is 14.2. The molecule has 3 rings (SSSR count). The van der Waals surface area contributed by atoms with E-state index in [0.717, 1.165) is 0 Å². The molecule has 30 heavy (non-hydrogen) atoms. The second-order valence-electron chi connectivity index (χ2n) is 6.93. The quantitative estimate of drug-likeness (QED) is 0.745. The Labute approximate surface area is 173 Å². The molecule has 1 heterocycles. The van der Waals surface area contributed by atoms with Crippen molar-refractivity contribution in [1.29, 1.82) is 0 Å². The number of rotatable bonds is 6. The molecule has 0 aliphatic carbocycles. The maximum Gasteiger partial charge on any atom is 0.387 e. The first kappa shape index (κ1) is 22.1. The van der Waals surface area contributed by atoms with E-state index < -0.39 is 22.5 Å². The highest BCUT2D eigenvalue weighted by Crippen LogP contribution is 2.26. The van der Waals surface area contributed by atoms with Crippen LogP contribution in [0.2, 0.25) is 0 Å². The summed E-state index contributed by atoms with van der Waals surface area (Å²) in [5, 5.41) is 2.49. The van der Waals surface area contributed by atoms with Crippen LogP contribution in [0.1, 0.15) is 24.2 Å². The normalized spacial score (nSPS) is 20.2. The number of morpholine rings is 1. The molecule has 0 spiro atoms. The fourth-order valence-corrected chi connectivity index (χ4v) is 4.81. The molecule has 2 atom stereocenters. The third-order valence-corrected chi connectivity index (χ3v) is 6.34. The number of carbonyl (C=O) groups excluding carboxylic acids is 1. The number of nitrogens with one attached hydrogen (secondary N) is 1. The van der Waals surface area contributed by atoms with Crippen LogP contribution in [0.3, 0.4) is 0 Å². The van der Waals surface area contributed by atoms with Gasteiger partial charge in [0.1, 0.15) is 5.75 Å². The number of sulfonamides is 1. The largest absolute Gasteiger partial charge is 0.433 e. The highest BCUT2D eigenvalue weighted by molar-refractivity contribution is 7.89. The van der Waals surface area contributed by atoms with Crippen molar-refractivity contribution in [3.05, 3.63) is 54.1 Å². The lowest BCUT2D eigenvalue weighted by Crippen LogP contribution is -2.48. The molecule has 162 valence electrons. The van der Waals surface area contributed by atoms with Crippen molar-refractivity contribution in [3.8, 4) is 5.75 Å². The van der Waals surface area contributed by atoms with Crippen LogP contribution in [-0.4, -0.2) is 50.5 Å². The van der Waals surface area contributed by atoms with Gasteiger partial charge < -0.3 is 14.8 Å². The molecular weight excluding hydrogens is 418 g/mol. The number of hydrogen-bond donors (Lipinski definition) is 1. The van der Waals surface area contributed by atoms with Gasteiger partial charge in [0.15, 0.2) is 0 Å². The summed E-state index contributed by atoms with van der Waals surface area (Å²) in [4.78, 5) is 12.5. The molecule has 0 bridgehead atoms. The molecule has 1 N–H and O–H groups in total. The van der Waals surface area contributed by atoms with Gasteiger partial charge in [-0.05, 0) is 50.2 Å². The Bertz CT molecular complexity index is 989. The molecule has 0 radical (unpaired) electrons. The number of halogens is 2. The van der Waals surface area contributed by atoms with Crippen molar-refractivity contribution < 1.29 is 31.5 Å². The molecule has 1 aliphatic heterocycles. The molecule has 1 amide bonds. The highest BCUT2D eigenvalue weighted by atomic mass is 32.2. The minimum atomic E-state index is -3.73. The summed E-state index contributed by atoms with van der Waals surface area (Å²) in [5.74, 6) is -0.756. The summed E-state index contributed by atoms with van der Waals surface area (Å²) in [7, 11) is -3.73. The lowest BCUT2D eigenvalue weighted by molar-refractivity contribution is -0.0493. The minimum Gasteiger partial charge on any atom is -0.433 e. The first-order valence-corrected chi connectivity index (χ1v) is 10.7. The van der Waals surface area contributed by atoms with Crippen molar-refractivity contribution in [2.75, 3.05) is 18.4 Å². The average Bonchev–Trinajstić information content (AvgIpc) is 2.68. The molecule has 1 aliphatic rings. The zero-order valence-corrected chi connectivity index (χ0v) is 17.2. The Kier molecular flexibility index (Phi) is 6.69. The van der Waals surface area contributed by atoms with E-state index in [0.29, 0.717) is 0 Å². The lowest BCUT2D eigenvalue weighted by atomic mass is 10.2. The van der Waals surface area contributed by atoms with E-state index in [1.54, 1.807) is 19.9 Å². The van der Waals surface area contributed by atoms with Gasteiger partial charge in [0.25, 0.3) is 5.91 Å². The summed E-state index contributed by atoms with van der Waals surface area (Å²) < 4.78 is 62.1. The summed E-state index contributed by atoms with van der Waals surface area (Å²) in [6.45, 7) is 1.08. The van der Waals surface area contributed by atoms with Gasteiger partial charge in [-0.2, -0.15) is 13.1 Å². The highest BCUT2D eigenvalue weighted by Gasteiger charge is 2.32. The zero-order chi connectivity index (χ0) is 21.9. The molecule has 2 aromatic carbocycles.